The van der Waals surface area contributed by atoms with Crippen LogP contribution in [0.2, 0.25) is 0 Å². The largest absolute Gasteiger partial charge is 0.363 e. The summed E-state index contributed by atoms with van der Waals surface area (Å²) >= 11 is 0. The van der Waals surface area contributed by atoms with Crippen molar-refractivity contribution >= 4 is 0 Å². The zero-order valence-corrected chi connectivity index (χ0v) is 6.59. The van der Waals surface area contributed by atoms with Crippen molar-refractivity contribution in [2.75, 3.05) is 13.1 Å². The van der Waals surface area contributed by atoms with Gasteiger partial charge in [-0.15, -0.1) is 0 Å². The Morgan fingerprint density at radius 2 is 2.00 bits per heavy atom. The summed E-state index contributed by atoms with van der Waals surface area (Å²) in [6.07, 6.45) is 8.89. The number of rotatable bonds is 1. The van der Waals surface area contributed by atoms with Crippen LogP contribution in [0, 0.1) is 6.54 Å². The third kappa shape index (κ3) is 1.39. The molecule has 2 heterocycles. The summed E-state index contributed by atoms with van der Waals surface area (Å²) in [6, 6.07) is 0. The molecule has 11 heavy (non-hydrogen) atoms. The maximum absolute atomic E-state index is 3.24. The summed E-state index contributed by atoms with van der Waals surface area (Å²) in [6.45, 7) is 4.40. The molecule has 0 aliphatic carbocycles. The molecule has 0 amide bonds. The number of nitrogens with zero attached hydrogens (tertiary/aromatic N) is 1. The second-order valence-electron chi connectivity index (χ2n) is 2.94. The highest BCUT2D eigenvalue weighted by molar-refractivity contribution is 5.20. The van der Waals surface area contributed by atoms with Gasteiger partial charge >= 0.3 is 0 Å². The number of hydrogen-bond acceptors (Lipinski definition) is 2. The molecule has 0 spiro atoms. The molecule has 1 radical (unpaired) electrons. The molecule has 0 aromatic carbocycles. The van der Waals surface area contributed by atoms with Crippen LogP contribution in [0.15, 0.2) is 24.0 Å². The molecule has 0 aromatic heterocycles. The van der Waals surface area contributed by atoms with Gasteiger partial charge in [-0.05, 0) is 18.9 Å². The van der Waals surface area contributed by atoms with Gasteiger partial charge in [-0.25, -0.2) is 0 Å². The Bertz CT molecular complexity index is 188. The van der Waals surface area contributed by atoms with Crippen molar-refractivity contribution in [3.8, 4) is 0 Å². The SMILES string of the molecule is [CH]1C=CC=C(N2CCCC2)N1. The molecular formula is C9H13N2. The van der Waals surface area contributed by atoms with E-state index in [1.807, 2.05) is 12.6 Å². The van der Waals surface area contributed by atoms with E-state index in [1.165, 1.54) is 31.8 Å². The zero-order valence-electron chi connectivity index (χ0n) is 6.59. The van der Waals surface area contributed by atoms with E-state index in [2.05, 4.69) is 22.4 Å². The van der Waals surface area contributed by atoms with Gasteiger partial charge in [-0.2, -0.15) is 0 Å². The lowest BCUT2D eigenvalue weighted by Crippen LogP contribution is -2.28. The van der Waals surface area contributed by atoms with E-state index >= 15 is 0 Å². The van der Waals surface area contributed by atoms with Crippen LogP contribution in [-0.2, 0) is 0 Å². The maximum Gasteiger partial charge on any atom is 0.102 e. The predicted octanol–water partition coefficient (Wildman–Crippen LogP) is 1.24. The summed E-state index contributed by atoms with van der Waals surface area (Å²) in [5.74, 6) is 1.25. The van der Waals surface area contributed by atoms with E-state index in [1.54, 1.807) is 0 Å². The highest BCUT2D eigenvalue weighted by Crippen LogP contribution is 2.14. The molecule has 0 aromatic rings. The molecule has 2 nitrogen and oxygen atoms in total. The molecule has 2 heteroatoms. The molecule has 1 N–H and O–H groups in total. The Morgan fingerprint density at radius 1 is 1.18 bits per heavy atom. The molecule has 0 saturated carbocycles. The van der Waals surface area contributed by atoms with Crippen molar-refractivity contribution in [1.29, 1.82) is 0 Å². The number of dihydropyridines is 1. The first kappa shape index (κ1) is 6.77. The van der Waals surface area contributed by atoms with Gasteiger partial charge in [-0.3, -0.25) is 0 Å². The monoisotopic (exact) mass is 149 g/mol. The van der Waals surface area contributed by atoms with E-state index in [9.17, 15) is 0 Å². The van der Waals surface area contributed by atoms with Gasteiger partial charge in [0.2, 0.25) is 0 Å². The summed E-state index contributed by atoms with van der Waals surface area (Å²) in [4.78, 5) is 2.39. The van der Waals surface area contributed by atoms with Crippen LogP contribution in [0.4, 0.5) is 0 Å². The van der Waals surface area contributed by atoms with Crippen LogP contribution in [-0.4, -0.2) is 18.0 Å². The summed E-state index contributed by atoms with van der Waals surface area (Å²) in [5.41, 5.74) is 0. The average molecular weight is 149 g/mol. The fourth-order valence-corrected chi connectivity index (χ4v) is 1.54. The minimum Gasteiger partial charge on any atom is -0.363 e. The molecule has 1 fully saturated rings. The van der Waals surface area contributed by atoms with Gasteiger partial charge in [0.25, 0.3) is 0 Å². The quantitative estimate of drug-likeness (QED) is 0.603. The van der Waals surface area contributed by atoms with Gasteiger partial charge in [-0.1, -0.05) is 12.2 Å². The molecule has 0 unspecified atom stereocenters. The smallest absolute Gasteiger partial charge is 0.102 e. The van der Waals surface area contributed by atoms with E-state index in [-0.39, 0.29) is 0 Å². The lowest BCUT2D eigenvalue weighted by Gasteiger charge is -2.23. The Balaban J connectivity index is 2.02. The molecule has 2 aliphatic rings. The first-order valence-corrected chi connectivity index (χ1v) is 4.18. The van der Waals surface area contributed by atoms with Crippen molar-refractivity contribution < 1.29 is 0 Å². The Kier molecular flexibility index (Phi) is 1.84. The standard InChI is InChI=1S/C9H13N2/c1-2-6-10-9(5-1)11-7-3-4-8-11/h1-2,5-6,10H,3-4,7-8H2. The topological polar surface area (TPSA) is 15.3 Å². The Hall–Kier alpha value is -0.920. The summed E-state index contributed by atoms with van der Waals surface area (Å²) in [7, 11) is 0. The van der Waals surface area contributed by atoms with E-state index < -0.39 is 0 Å². The first-order valence-electron chi connectivity index (χ1n) is 4.18. The van der Waals surface area contributed by atoms with Crippen molar-refractivity contribution in [3.63, 3.8) is 0 Å². The molecule has 59 valence electrons. The molecule has 2 rings (SSSR count). The Labute approximate surface area is 67.6 Å². The molecular weight excluding hydrogens is 136 g/mol. The first-order chi connectivity index (χ1) is 5.47. The van der Waals surface area contributed by atoms with Crippen LogP contribution < -0.4 is 5.32 Å². The molecule has 0 bridgehead atoms. The third-order valence-corrected chi connectivity index (χ3v) is 2.14. The summed E-state index contributed by atoms with van der Waals surface area (Å²) < 4.78 is 0. The fourth-order valence-electron chi connectivity index (χ4n) is 1.54. The summed E-state index contributed by atoms with van der Waals surface area (Å²) in [5, 5.41) is 3.24. The van der Waals surface area contributed by atoms with E-state index in [0.717, 1.165) is 0 Å². The lowest BCUT2D eigenvalue weighted by molar-refractivity contribution is 0.400. The minimum atomic E-state index is 1.21. The second kappa shape index (κ2) is 2.99. The van der Waals surface area contributed by atoms with Crippen molar-refractivity contribution in [2.45, 2.75) is 12.8 Å². The van der Waals surface area contributed by atoms with Gasteiger partial charge < -0.3 is 10.2 Å². The van der Waals surface area contributed by atoms with E-state index in [4.69, 9.17) is 0 Å². The normalized spacial score (nSPS) is 23.3. The van der Waals surface area contributed by atoms with Crippen molar-refractivity contribution in [2.24, 2.45) is 0 Å². The maximum atomic E-state index is 3.24. The van der Waals surface area contributed by atoms with Gasteiger partial charge in [0, 0.05) is 13.1 Å². The van der Waals surface area contributed by atoms with Gasteiger partial charge in [0.05, 0.1) is 6.54 Å². The predicted molar refractivity (Wildman–Crippen MR) is 45.5 cm³/mol. The van der Waals surface area contributed by atoms with Crippen LogP contribution in [0.1, 0.15) is 12.8 Å². The number of nitrogens with one attached hydrogen (secondary N) is 1. The lowest BCUT2D eigenvalue weighted by atomic mass is 10.3. The van der Waals surface area contributed by atoms with Crippen molar-refractivity contribution in [3.05, 3.63) is 30.6 Å². The Morgan fingerprint density at radius 3 is 2.64 bits per heavy atom. The zero-order chi connectivity index (χ0) is 7.52. The fraction of sp³-hybridized carbons (Fsp3) is 0.444. The minimum absolute atomic E-state index is 1.21. The van der Waals surface area contributed by atoms with Crippen LogP contribution in [0.3, 0.4) is 0 Å². The van der Waals surface area contributed by atoms with E-state index in [0.29, 0.717) is 0 Å². The van der Waals surface area contributed by atoms with Crippen LogP contribution >= 0.6 is 0 Å². The molecule has 2 aliphatic heterocycles. The number of hydrogen-bond donors (Lipinski definition) is 1. The van der Waals surface area contributed by atoms with Gasteiger partial charge in [0.15, 0.2) is 0 Å². The number of likely N-dealkylation sites (tertiary alicyclic amines) is 1. The van der Waals surface area contributed by atoms with Crippen LogP contribution in [0.5, 0.6) is 0 Å². The average Bonchev–Trinajstić information content (AvgIpc) is 2.58. The van der Waals surface area contributed by atoms with Crippen molar-refractivity contribution in [1.82, 2.24) is 10.2 Å². The number of allylic oxidation sites excluding steroid dienone is 2. The van der Waals surface area contributed by atoms with Gasteiger partial charge in [0.1, 0.15) is 5.82 Å². The third-order valence-electron chi connectivity index (χ3n) is 2.14. The molecule has 1 saturated heterocycles. The highest BCUT2D eigenvalue weighted by atomic mass is 15.2. The second-order valence-corrected chi connectivity index (χ2v) is 2.94. The van der Waals surface area contributed by atoms with Crippen LogP contribution in [0.25, 0.3) is 0 Å². The highest BCUT2D eigenvalue weighted by Gasteiger charge is 2.14. The molecule has 0 atom stereocenters.